The smallest absolute Gasteiger partial charge is 0.416 e. The van der Waals surface area contributed by atoms with E-state index in [0.29, 0.717) is 5.56 Å². The van der Waals surface area contributed by atoms with Crippen molar-refractivity contribution in [2.75, 3.05) is 5.32 Å². The molecule has 2 rings (SSSR count). The molecule has 0 bridgehead atoms. The molecule has 2 N–H and O–H groups in total. The van der Waals surface area contributed by atoms with Gasteiger partial charge in [-0.05, 0) is 23.8 Å². The van der Waals surface area contributed by atoms with Crippen molar-refractivity contribution >= 4 is 11.8 Å². The lowest BCUT2D eigenvalue weighted by Gasteiger charge is -2.13. The molecule has 0 aromatic heterocycles. The first-order chi connectivity index (χ1) is 9.38. The van der Waals surface area contributed by atoms with Crippen molar-refractivity contribution in [1.29, 1.82) is 0 Å². The Morgan fingerprint density at radius 1 is 1.05 bits per heavy atom. The minimum Gasteiger partial charge on any atom is -0.465 e. The third-order valence-corrected chi connectivity index (χ3v) is 2.67. The zero-order chi connectivity index (χ0) is 14.8. The number of nitrogens with one attached hydrogen (secondary N) is 1. The summed E-state index contributed by atoms with van der Waals surface area (Å²) >= 11 is 0. The van der Waals surface area contributed by atoms with E-state index in [4.69, 9.17) is 5.11 Å². The van der Waals surface area contributed by atoms with Gasteiger partial charge in [-0.25, -0.2) is 4.79 Å². The fraction of sp³-hybridized carbons (Fsp3) is 0.0714. The molecule has 0 saturated heterocycles. The maximum atomic E-state index is 12.7. The van der Waals surface area contributed by atoms with Crippen molar-refractivity contribution in [3.8, 4) is 11.1 Å². The van der Waals surface area contributed by atoms with Crippen LogP contribution in [0.1, 0.15) is 5.56 Å². The first-order valence-electron chi connectivity index (χ1n) is 5.64. The SMILES string of the molecule is O=C(O)Nc1ccc(C(F)(F)F)cc1-c1ccccc1. The number of hydrogen-bond acceptors (Lipinski definition) is 1. The monoisotopic (exact) mass is 281 g/mol. The predicted molar refractivity (Wildman–Crippen MR) is 68.5 cm³/mol. The van der Waals surface area contributed by atoms with Gasteiger partial charge in [-0.1, -0.05) is 30.3 Å². The number of rotatable bonds is 2. The van der Waals surface area contributed by atoms with Crippen molar-refractivity contribution in [3.05, 3.63) is 54.1 Å². The van der Waals surface area contributed by atoms with Crippen molar-refractivity contribution in [2.24, 2.45) is 0 Å². The largest absolute Gasteiger partial charge is 0.465 e. The fourth-order valence-corrected chi connectivity index (χ4v) is 1.80. The van der Waals surface area contributed by atoms with Crippen LogP contribution in [0.3, 0.4) is 0 Å². The number of carbonyl (C=O) groups is 1. The maximum absolute atomic E-state index is 12.7. The Balaban J connectivity index is 2.57. The molecule has 20 heavy (non-hydrogen) atoms. The molecule has 3 nitrogen and oxygen atoms in total. The van der Waals surface area contributed by atoms with Crippen molar-refractivity contribution in [1.82, 2.24) is 0 Å². The highest BCUT2D eigenvalue weighted by atomic mass is 19.4. The highest BCUT2D eigenvalue weighted by molar-refractivity contribution is 5.90. The molecule has 104 valence electrons. The van der Waals surface area contributed by atoms with Gasteiger partial charge in [-0.15, -0.1) is 0 Å². The van der Waals surface area contributed by atoms with Crippen LogP contribution < -0.4 is 5.32 Å². The van der Waals surface area contributed by atoms with Gasteiger partial charge in [0.05, 0.1) is 11.3 Å². The summed E-state index contributed by atoms with van der Waals surface area (Å²) in [5.74, 6) is 0. The summed E-state index contributed by atoms with van der Waals surface area (Å²) in [6.45, 7) is 0. The summed E-state index contributed by atoms with van der Waals surface area (Å²) in [4.78, 5) is 10.7. The van der Waals surface area contributed by atoms with E-state index in [0.717, 1.165) is 18.2 Å². The quantitative estimate of drug-likeness (QED) is 0.853. The second-order valence-corrected chi connectivity index (χ2v) is 4.05. The van der Waals surface area contributed by atoms with Gasteiger partial charge in [0.2, 0.25) is 0 Å². The second-order valence-electron chi connectivity index (χ2n) is 4.05. The first kappa shape index (κ1) is 13.9. The lowest BCUT2D eigenvalue weighted by atomic mass is 10.0. The molecule has 0 saturated carbocycles. The molecule has 2 aromatic carbocycles. The van der Waals surface area contributed by atoms with Gasteiger partial charge >= 0.3 is 12.3 Å². The second kappa shape index (κ2) is 5.24. The molecule has 0 aliphatic rings. The Morgan fingerprint density at radius 3 is 2.25 bits per heavy atom. The number of benzene rings is 2. The molecule has 0 spiro atoms. The Labute approximate surface area is 112 Å². The fourth-order valence-electron chi connectivity index (χ4n) is 1.80. The van der Waals surface area contributed by atoms with Crippen LogP contribution in [0, 0.1) is 0 Å². The van der Waals surface area contributed by atoms with Crippen LogP contribution >= 0.6 is 0 Å². The number of halogens is 3. The summed E-state index contributed by atoms with van der Waals surface area (Å²) in [5.41, 5.74) is -0.0332. The molecular weight excluding hydrogens is 271 g/mol. The van der Waals surface area contributed by atoms with Gasteiger partial charge in [-0.3, -0.25) is 5.32 Å². The molecule has 0 atom stereocenters. The molecule has 1 amide bonds. The number of carboxylic acid groups (broad SMARTS) is 1. The van der Waals surface area contributed by atoms with E-state index in [9.17, 15) is 18.0 Å². The summed E-state index contributed by atoms with van der Waals surface area (Å²) < 4.78 is 38.2. The van der Waals surface area contributed by atoms with E-state index in [2.05, 4.69) is 5.32 Å². The van der Waals surface area contributed by atoms with Gasteiger partial charge in [0.25, 0.3) is 0 Å². The normalized spacial score (nSPS) is 11.2. The van der Waals surface area contributed by atoms with Gasteiger partial charge in [-0.2, -0.15) is 13.2 Å². The van der Waals surface area contributed by atoms with Crippen LogP contribution in [0.4, 0.5) is 23.7 Å². The van der Waals surface area contributed by atoms with Gasteiger partial charge in [0.15, 0.2) is 0 Å². The third kappa shape index (κ3) is 3.09. The standard InChI is InChI=1S/C14H10F3NO2/c15-14(16,17)10-6-7-12(18-13(19)20)11(8-10)9-4-2-1-3-5-9/h1-8,18H,(H,19,20). The van der Waals surface area contributed by atoms with Gasteiger partial charge in [0.1, 0.15) is 0 Å². The molecule has 0 fully saturated rings. The highest BCUT2D eigenvalue weighted by Gasteiger charge is 2.31. The molecule has 0 unspecified atom stereocenters. The van der Waals surface area contributed by atoms with Crippen molar-refractivity contribution in [2.45, 2.75) is 6.18 Å². The number of hydrogen-bond donors (Lipinski definition) is 2. The summed E-state index contributed by atoms with van der Waals surface area (Å²) in [6.07, 6.45) is -5.81. The van der Waals surface area contributed by atoms with E-state index < -0.39 is 17.8 Å². The first-order valence-corrected chi connectivity index (χ1v) is 5.64. The van der Waals surface area contributed by atoms with Crippen LogP contribution in [0.25, 0.3) is 11.1 Å². The van der Waals surface area contributed by atoms with E-state index in [1.165, 1.54) is 0 Å². The lowest BCUT2D eigenvalue weighted by Crippen LogP contribution is -2.10. The molecular formula is C14H10F3NO2. The van der Waals surface area contributed by atoms with E-state index in [1.807, 2.05) is 0 Å². The number of alkyl halides is 3. The molecule has 0 heterocycles. The predicted octanol–water partition coefficient (Wildman–Crippen LogP) is 4.46. The van der Waals surface area contributed by atoms with Crippen LogP contribution in [-0.4, -0.2) is 11.2 Å². The Kier molecular flexibility index (Phi) is 3.65. The van der Waals surface area contributed by atoms with Crippen LogP contribution in [-0.2, 0) is 6.18 Å². The van der Waals surface area contributed by atoms with E-state index in [1.54, 1.807) is 30.3 Å². The molecule has 0 aliphatic heterocycles. The van der Waals surface area contributed by atoms with Crippen molar-refractivity contribution < 1.29 is 23.1 Å². The molecule has 6 heteroatoms. The average molecular weight is 281 g/mol. The van der Waals surface area contributed by atoms with E-state index in [-0.39, 0.29) is 11.3 Å². The summed E-state index contributed by atoms with van der Waals surface area (Å²) in [7, 11) is 0. The number of amides is 1. The Hall–Kier alpha value is -2.50. The zero-order valence-electron chi connectivity index (χ0n) is 10.1. The summed E-state index contributed by atoms with van der Waals surface area (Å²) in [5, 5.41) is 10.8. The average Bonchev–Trinajstić information content (AvgIpc) is 2.38. The number of anilines is 1. The molecule has 0 aliphatic carbocycles. The van der Waals surface area contributed by atoms with Gasteiger partial charge < -0.3 is 5.11 Å². The van der Waals surface area contributed by atoms with Gasteiger partial charge in [0, 0.05) is 5.56 Å². The Bertz CT molecular complexity index is 624. The minimum atomic E-state index is -4.48. The molecule has 2 aromatic rings. The summed E-state index contributed by atoms with van der Waals surface area (Å²) in [6, 6.07) is 11.2. The van der Waals surface area contributed by atoms with Crippen LogP contribution in [0.5, 0.6) is 0 Å². The maximum Gasteiger partial charge on any atom is 0.416 e. The Morgan fingerprint density at radius 2 is 1.70 bits per heavy atom. The van der Waals surface area contributed by atoms with Crippen LogP contribution in [0.15, 0.2) is 48.5 Å². The van der Waals surface area contributed by atoms with Crippen molar-refractivity contribution in [3.63, 3.8) is 0 Å². The zero-order valence-corrected chi connectivity index (χ0v) is 10.1. The third-order valence-electron chi connectivity index (χ3n) is 2.67. The molecule has 0 radical (unpaired) electrons. The van der Waals surface area contributed by atoms with Crippen LogP contribution in [0.2, 0.25) is 0 Å². The highest BCUT2D eigenvalue weighted by Crippen LogP contribution is 2.36. The lowest BCUT2D eigenvalue weighted by molar-refractivity contribution is -0.137. The minimum absolute atomic E-state index is 0.108. The van der Waals surface area contributed by atoms with E-state index >= 15 is 0 Å². The topological polar surface area (TPSA) is 49.3 Å².